The minimum atomic E-state index is -4.85. The first-order valence-corrected chi connectivity index (χ1v) is 7.25. The van der Waals surface area contributed by atoms with Gasteiger partial charge in [0.15, 0.2) is 0 Å². The molecule has 0 radical (unpaired) electrons. The van der Waals surface area contributed by atoms with Crippen LogP contribution in [0.2, 0.25) is 0 Å². The Labute approximate surface area is 112 Å². The van der Waals surface area contributed by atoms with Crippen LogP contribution in [0.1, 0.15) is 5.56 Å². The van der Waals surface area contributed by atoms with Crippen molar-refractivity contribution in [3.63, 3.8) is 0 Å². The number of alkyl halides is 3. The quantitative estimate of drug-likeness (QED) is 0.618. The zero-order chi connectivity index (χ0) is 14.7. The lowest BCUT2D eigenvalue weighted by molar-refractivity contribution is -0.140. The maximum absolute atomic E-state index is 12.7. The summed E-state index contributed by atoms with van der Waals surface area (Å²) in [7, 11) is 1.88. The molecule has 0 aliphatic carbocycles. The fourth-order valence-electron chi connectivity index (χ4n) is 1.28. The lowest BCUT2D eigenvalue weighted by Gasteiger charge is -2.13. The first kappa shape index (κ1) is 16.1. The van der Waals surface area contributed by atoms with E-state index in [0.29, 0.717) is 6.07 Å². The van der Waals surface area contributed by atoms with Crippen LogP contribution in [0.4, 0.5) is 13.2 Å². The molecule has 9 heteroatoms. The number of rotatable bonds is 5. The number of ether oxygens (including phenoxy) is 2. The Morgan fingerprint density at radius 2 is 1.89 bits per heavy atom. The highest BCUT2D eigenvalue weighted by atomic mass is 35.7. The van der Waals surface area contributed by atoms with Crippen molar-refractivity contribution in [3.8, 4) is 5.75 Å². The van der Waals surface area contributed by atoms with Gasteiger partial charge in [-0.05, 0) is 18.2 Å². The predicted octanol–water partition coefficient (Wildman–Crippen LogP) is 2.66. The van der Waals surface area contributed by atoms with E-state index in [0.717, 1.165) is 12.1 Å². The Balaban J connectivity index is 3.17. The maximum Gasteiger partial charge on any atom is 0.417 e. The molecule has 0 amide bonds. The van der Waals surface area contributed by atoms with Crippen LogP contribution in [0.3, 0.4) is 0 Å². The molecule has 0 unspecified atom stereocenters. The monoisotopic (exact) mass is 318 g/mol. The number of hydrogen-bond acceptors (Lipinski definition) is 4. The van der Waals surface area contributed by atoms with Crippen LogP contribution in [0.5, 0.6) is 5.75 Å². The molecule has 4 nitrogen and oxygen atoms in total. The molecule has 0 spiro atoms. The van der Waals surface area contributed by atoms with E-state index < -0.39 is 25.7 Å². The number of hydrogen-bond donors (Lipinski definition) is 0. The summed E-state index contributed by atoms with van der Waals surface area (Å²) in [6.45, 7) is 0.234. The molecule has 0 heterocycles. The molecule has 0 atom stereocenters. The SMILES string of the molecule is COCCOc1ccc(S(=O)(=O)Cl)c(C(F)(F)F)c1. The standard InChI is InChI=1S/C10H10ClF3O4S/c1-17-4-5-18-7-2-3-9(19(11,15)16)8(6-7)10(12,13)14/h2-3,6H,4-5H2,1H3. The Morgan fingerprint density at radius 1 is 1.26 bits per heavy atom. The Morgan fingerprint density at radius 3 is 2.37 bits per heavy atom. The molecule has 1 rings (SSSR count). The molecule has 108 valence electrons. The molecule has 0 aliphatic heterocycles. The third kappa shape index (κ3) is 4.55. The van der Waals surface area contributed by atoms with Gasteiger partial charge < -0.3 is 9.47 Å². The van der Waals surface area contributed by atoms with Crippen molar-refractivity contribution in [2.75, 3.05) is 20.3 Å². The Kier molecular flexibility index (Phi) is 5.05. The summed E-state index contributed by atoms with van der Waals surface area (Å²) in [6, 6.07) is 2.44. The molecule has 0 aromatic heterocycles. The van der Waals surface area contributed by atoms with E-state index in [4.69, 9.17) is 15.4 Å². The zero-order valence-corrected chi connectivity index (χ0v) is 11.3. The number of benzene rings is 1. The van der Waals surface area contributed by atoms with Gasteiger partial charge in [0.05, 0.1) is 17.1 Å². The molecule has 0 N–H and O–H groups in total. The van der Waals surface area contributed by atoms with Gasteiger partial charge in [-0.1, -0.05) is 0 Å². The summed E-state index contributed by atoms with van der Waals surface area (Å²) in [4.78, 5) is -0.999. The van der Waals surface area contributed by atoms with Gasteiger partial charge in [0.1, 0.15) is 12.4 Å². The van der Waals surface area contributed by atoms with Gasteiger partial charge in [-0.3, -0.25) is 0 Å². The summed E-state index contributed by atoms with van der Waals surface area (Å²) in [5.74, 6) is -0.117. The first-order valence-electron chi connectivity index (χ1n) is 4.94. The van der Waals surface area contributed by atoms with Gasteiger partial charge in [-0.15, -0.1) is 0 Å². The zero-order valence-electron chi connectivity index (χ0n) is 9.70. The predicted molar refractivity (Wildman–Crippen MR) is 61.9 cm³/mol. The fourth-order valence-corrected chi connectivity index (χ4v) is 2.35. The van der Waals surface area contributed by atoms with Crippen molar-refractivity contribution >= 4 is 19.7 Å². The van der Waals surface area contributed by atoms with Gasteiger partial charge in [-0.2, -0.15) is 13.2 Å². The molecule has 0 fully saturated rings. The summed E-state index contributed by atoms with van der Waals surface area (Å²) in [6.07, 6.45) is -4.85. The van der Waals surface area contributed by atoms with Crippen molar-refractivity contribution in [1.29, 1.82) is 0 Å². The Bertz CT molecular complexity index is 542. The average molecular weight is 319 g/mol. The molecular formula is C10H10ClF3O4S. The van der Waals surface area contributed by atoms with Crippen molar-refractivity contribution < 1.29 is 31.1 Å². The molecule has 0 saturated heterocycles. The van der Waals surface area contributed by atoms with E-state index >= 15 is 0 Å². The Hall–Kier alpha value is -0.990. The van der Waals surface area contributed by atoms with Crippen molar-refractivity contribution in [3.05, 3.63) is 23.8 Å². The van der Waals surface area contributed by atoms with Crippen LogP contribution in [0, 0.1) is 0 Å². The van der Waals surface area contributed by atoms with Gasteiger partial charge in [0.2, 0.25) is 0 Å². The molecule has 0 aliphatic rings. The molecule has 1 aromatic rings. The van der Waals surface area contributed by atoms with E-state index in [9.17, 15) is 21.6 Å². The third-order valence-corrected chi connectivity index (χ3v) is 3.46. The second-order valence-electron chi connectivity index (χ2n) is 3.43. The van der Waals surface area contributed by atoms with Crippen LogP contribution in [-0.4, -0.2) is 28.7 Å². The van der Waals surface area contributed by atoms with Crippen LogP contribution in [-0.2, 0) is 20.0 Å². The minimum absolute atomic E-state index is 0.0424. The van der Waals surface area contributed by atoms with Gasteiger partial charge >= 0.3 is 6.18 Å². The number of halogens is 4. The fraction of sp³-hybridized carbons (Fsp3) is 0.400. The van der Waals surface area contributed by atoms with E-state index in [-0.39, 0.29) is 19.0 Å². The second kappa shape index (κ2) is 5.98. The van der Waals surface area contributed by atoms with Gasteiger partial charge in [0, 0.05) is 17.8 Å². The maximum atomic E-state index is 12.7. The third-order valence-electron chi connectivity index (χ3n) is 2.08. The van der Waals surface area contributed by atoms with Crippen LogP contribution >= 0.6 is 10.7 Å². The van der Waals surface area contributed by atoms with Crippen LogP contribution in [0.25, 0.3) is 0 Å². The lowest BCUT2D eigenvalue weighted by Crippen LogP contribution is -2.12. The summed E-state index contributed by atoms with van der Waals surface area (Å²) in [5, 5.41) is 0. The molecule has 1 aromatic carbocycles. The van der Waals surface area contributed by atoms with Gasteiger partial charge in [0.25, 0.3) is 9.05 Å². The van der Waals surface area contributed by atoms with E-state index in [1.807, 2.05) is 0 Å². The van der Waals surface area contributed by atoms with Crippen molar-refractivity contribution in [1.82, 2.24) is 0 Å². The normalized spacial score (nSPS) is 12.5. The van der Waals surface area contributed by atoms with Crippen LogP contribution < -0.4 is 4.74 Å². The summed E-state index contributed by atoms with van der Waals surface area (Å²) in [5.41, 5.74) is -1.36. The van der Waals surface area contributed by atoms with Crippen LogP contribution in [0.15, 0.2) is 23.1 Å². The molecule has 0 saturated carbocycles. The topological polar surface area (TPSA) is 52.6 Å². The minimum Gasteiger partial charge on any atom is -0.491 e. The summed E-state index contributed by atoms with van der Waals surface area (Å²) < 4.78 is 70.0. The van der Waals surface area contributed by atoms with Crippen molar-refractivity contribution in [2.24, 2.45) is 0 Å². The average Bonchev–Trinajstić information content (AvgIpc) is 2.26. The van der Waals surface area contributed by atoms with Crippen molar-refractivity contribution in [2.45, 2.75) is 11.1 Å². The molecular weight excluding hydrogens is 309 g/mol. The number of methoxy groups -OCH3 is 1. The largest absolute Gasteiger partial charge is 0.491 e. The van der Waals surface area contributed by atoms with E-state index in [1.165, 1.54) is 7.11 Å². The van der Waals surface area contributed by atoms with Gasteiger partial charge in [-0.25, -0.2) is 8.42 Å². The highest BCUT2D eigenvalue weighted by Crippen LogP contribution is 2.37. The highest BCUT2D eigenvalue weighted by Gasteiger charge is 2.37. The highest BCUT2D eigenvalue weighted by molar-refractivity contribution is 8.13. The lowest BCUT2D eigenvalue weighted by atomic mass is 10.2. The van der Waals surface area contributed by atoms with E-state index in [2.05, 4.69) is 4.74 Å². The first-order chi connectivity index (χ1) is 8.66. The second-order valence-corrected chi connectivity index (χ2v) is 5.97. The molecule has 0 bridgehead atoms. The van der Waals surface area contributed by atoms with E-state index in [1.54, 1.807) is 0 Å². The smallest absolute Gasteiger partial charge is 0.417 e. The molecule has 19 heavy (non-hydrogen) atoms. The summed E-state index contributed by atoms with van der Waals surface area (Å²) >= 11 is 0.